The van der Waals surface area contributed by atoms with E-state index in [1.165, 1.54) is 44.3 Å². The van der Waals surface area contributed by atoms with Crippen molar-refractivity contribution in [1.29, 1.82) is 0 Å². The van der Waals surface area contributed by atoms with Crippen LogP contribution in [-0.2, 0) is 6.42 Å². The molecule has 0 aliphatic carbocycles. The molecule has 0 unspecified atom stereocenters. The van der Waals surface area contributed by atoms with Crippen LogP contribution < -0.4 is 0 Å². The molecule has 242 valence electrons. The summed E-state index contributed by atoms with van der Waals surface area (Å²) in [5.74, 6) is 0.649. The molecular weight excluding hydrogens is 609 g/mol. The van der Waals surface area contributed by atoms with Gasteiger partial charge in [0.25, 0.3) is 0 Å². The largest absolute Gasteiger partial charge is 0.436 e. The van der Waals surface area contributed by atoms with Crippen molar-refractivity contribution in [1.82, 2.24) is 9.55 Å². The van der Waals surface area contributed by atoms with Gasteiger partial charge >= 0.3 is 0 Å². The number of hydrogen-bond donors (Lipinski definition) is 0. The Hall–Kier alpha value is -6.19. The van der Waals surface area contributed by atoms with E-state index in [1.54, 1.807) is 0 Å². The number of benzene rings is 6. The maximum Gasteiger partial charge on any atom is 0.227 e. The third kappa shape index (κ3) is 5.38. The number of aryl methyl sites for hydroxylation is 2. The number of allylic oxidation sites excluding steroid dienone is 1. The van der Waals surface area contributed by atoms with Gasteiger partial charge in [-0.3, -0.25) is 0 Å². The van der Waals surface area contributed by atoms with Crippen molar-refractivity contribution in [2.45, 2.75) is 27.2 Å². The molecule has 0 N–H and O–H groups in total. The maximum absolute atomic E-state index is 6.25. The summed E-state index contributed by atoms with van der Waals surface area (Å²) in [5.41, 5.74) is 16.7. The van der Waals surface area contributed by atoms with Crippen molar-refractivity contribution in [2.75, 3.05) is 0 Å². The van der Waals surface area contributed by atoms with Crippen molar-refractivity contribution in [3.63, 3.8) is 0 Å². The average molecular weight is 647 g/mol. The van der Waals surface area contributed by atoms with Gasteiger partial charge in [-0.25, -0.2) is 4.98 Å². The van der Waals surface area contributed by atoms with Gasteiger partial charge in [0.15, 0.2) is 5.58 Å². The SMILES string of the molecule is C=Cc1c(C=CC)c2ccccc2n1-c1ccc(-c2ccccc2-c2ccccc2-c2ccc(-c3nc4cc(CC)cc(C)c4o3)cc2)cc1. The van der Waals surface area contributed by atoms with Crippen LogP contribution in [0, 0.1) is 6.92 Å². The Kier molecular flexibility index (Phi) is 8.10. The molecule has 0 atom stereocenters. The number of nitrogens with zero attached hydrogens (tertiary/aromatic N) is 2. The highest BCUT2D eigenvalue weighted by Gasteiger charge is 2.17. The minimum atomic E-state index is 0.649. The minimum absolute atomic E-state index is 0.649. The van der Waals surface area contributed by atoms with Crippen LogP contribution in [0.1, 0.15) is 36.2 Å². The van der Waals surface area contributed by atoms with E-state index < -0.39 is 0 Å². The van der Waals surface area contributed by atoms with Crippen LogP contribution in [0.5, 0.6) is 0 Å². The number of oxazole rings is 1. The second-order valence-electron chi connectivity index (χ2n) is 12.7. The Bertz CT molecular complexity index is 2540. The lowest BCUT2D eigenvalue weighted by atomic mass is 9.89. The van der Waals surface area contributed by atoms with Gasteiger partial charge in [-0.15, -0.1) is 0 Å². The molecule has 0 aliphatic rings. The molecule has 0 aliphatic heterocycles. The Morgan fingerprint density at radius 3 is 1.90 bits per heavy atom. The standard InChI is InChI=1S/C47H38N2O/c1-5-14-41-42-19-12-13-20-45(42)49(44(41)7-3)36-27-25-34(26-28-36)38-16-9-11-18-40(38)39-17-10-8-15-37(39)33-21-23-35(24-22-33)47-48-43-30-32(6-2)29-31(4)46(43)50-47/h5,7-30H,3,6H2,1-2,4H3. The Balaban J connectivity index is 1.15. The summed E-state index contributed by atoms with van der Waals surface area (Å²) in [5, 5.41) is 1.22. The third-order valence-electron chi connectivity index (χ3n) is 9.65. The van der Waals surface area contributed by atoms with E-state index in [0.29, 0.717) is 5.89 Å². The number of para-hydroxylation sites is 1. The van der Waals surface area contributed by atoms with Gasteiger partial charge in [-0.1, -0.05) is 123 Å². The Morgan fingerprint density at radius 2 is 1.28 bits per heavy atom. The lowest BCUT2D eigenvalue weighted by Crippen LogP contribution is -1.97. The van der Waals surface area contributed by atoms with E-state index in [-0.39, 0.29) is 0 Å². The van der Waals surface area contributed by atoms with Crippen molar-refractivity contribution in [3.8, 4) is 50.5 Å². The molecule has 0 fully saturated rings. The molecule has 0 radical (unpaired) electrons. The topological polar surface area (TPSA) is 31.0 Å². The van der Waals surface area contributed by atoms with Gasteiger partial charge < -0.3 is 8.98 Å². The number of rotatable bonds is 8. The molecule has 0 bridgehead atoms. The molecule has 8 aromatic rings. The van der Waals surface area contributed by atoms with Gasteiger partial charge in [-0.2, -0.15) is 0 Å². The van der Waals surface area contributed by atoms with E-state index >= 15 is 0 Å². The summed E-state index contributed by atoms with van der Waals surface area (Å²) in [6.07, 6.45) is 7.19. The Labute approximate surface area is 293 Å². The summed E-state index contributed by atoms with van der Waals surface area (Å²) in [4.78, 5) is 4.85. The van der Waals surface area contributed by atoms with Gasteiger partial charge in [0.05, 0.1) is 11.2 Å². The molecular formula is C47H38N2O. The van der Waals surface area contributed by atoms with Crippen molar-refractivity contribution < 1.29 is 4.42 Å². The molecule has 0 saturated heterocycles. The van der Waals surface area contributed by atoms with E-state index in [9.17, 15) is 0 Å². The highest BCUT2D eigenvalue weighted by molar-refractivity contribution is 5.96. The minimum Gasteiger partial charge on any atom is -0.436 e. The van der Waals surface area contributed by atoms with Gasteiger partial charge in [0.2, 0.25) is 5.89 Å². The van der Waals surface area contributed by atoms with E-state index in [1.807, 2.05) is 6.08 Å². The quantitative estimate of drug-likeness (QED) is 0.164. The molecule has 3 heteroatoms. The summed E-state index contributed by atoms with van der Waals surface area (Å²) in [6.45, 7) is 10.5. The van der Waals surface area contributed by atoms with E-state index in [0.717, 1.165) is 51.2 Å². The predicted octanol–water partition coefficient (Wildman–Crippen LogP) is 13.0. The molecule has 2 heterocycles. The normalized spacial score (nSPS) is 11.6. The van der Waals surface area contributed by atoms with Gasteiger partial charge in [-0.05, 0) is 107 Å². The van der Waals surface area contributed by atoms with E-state index in [4.69, 9.17) is 9.40 Å². The molecule has 0 amide bonds. The van der Waals surface area contributed by atoms with Crippen LogP contribution >= 0.6 is 0 Å². The summed E-state index contributed by atoms with van der Waals surface area (Å²) < 4.78 is 8.55. The molecule has 2 aromatic heterocycles. The summed E-state index contributed by atoms with van der Waals surface area (Å²) in [7, 11) is 0. The zero-order valence-corrected chi connectivity index (χ0v) is 28.7. The number of fused-ring (bicyclic) bond motifs is 2. The predicted molar refractivity (Wildman–Crippen MR) is 211 cm³/mol. The monoisotopic (exact) mass is 646 g/mol. The number of hydrogen-bond acceptors (Lipinski definition) is 2. The highest BCUT2D eigenvalue weighted by atomic mass is 16.3. The zero-order chi connectivity index (χ0) is 34.2. The Morgan fingerprint density at radius 1 is 0.700 bits per heavy atom. The second-order valence-corrected chi connectivity index (χ2v) is 12.7. The first-order valence-corrected chi connectivity index (χ1v) is 17.3. The maximum atomic E-state index is 6.25. The van der Waals surface area contributed by atoms with Crippen LogP contribution in [0.3, 0.4) is 0 Å². The zero-order valence-electron chi connectivity index (χ0n) is 28.7. The lowest BCUT2D eigenvalue weighted by Gasteiger charge is -2.16. The lowest BCUT2D eigenvalue weighted by molar-refractivity contribution is 0.617. The molecule has 8 rings (SSSR count). The average Bonchev–Trinajstić information content (AvgIpc) is 3.75. The fourth-order valence-corrected chi connectivity index (χ4v) is 7.23. The fourth-order valence-electron chi connectivity index (χ4n) is 7.23. The first-order valence-electron chi connectivity index (χ1n) is 17.3. The first-order chi connectivity index (χ1) is 24.6. The third-order valence-corrected chi connectivity index (χ3v) is 9.65. The van der Waals surface area contributed by atoms with Gasteiger partial charge in [0, 0.05) is 22.2 Å². The molecule has 50 heavy (non-hydrogen) atoms. The van der Waals surface area contributed by atoms with Crippen molar-refractivity contribution in [3.05, 3.63) is 168 Å². The van der Waals surface area contributed by atoms with Gasteiger partial charge in [0.1, 0.15) is 5.52 Å². The molecule has 0 saturated carbocycles. The molecule has 6 aromatic carbocycles. The van der Waals surface area contributed by atoms with Crippen molar-refractivity contribution >= 4 is 34.2 Å². The second kappa shape index (κ2) is 13.0. The number of aromatic nitrogens is 2. The van der Waals surface area contributed by atoms with Crippen LogP contribution in [0.15, 0.2) is 151 Å². The van der Waals surface area contributed by atoms with E-state index in [2.05, 4.69) is 178 Å². The smallest absolute Gasteiger partial charge is 0.227 e. The summed E-state index contributed by atoms with van der Waals surface area (Å²) in [6, 6.07) is 47.7. The van der Waals surface area contributed by atoms with Crippen LogP contribution in [-0.4, -0.2) is 9.55 Å². The van der Waals surface area contributed by atoms with Crippen LogP contribution in [0.2, 0.25) is 0 Å². The van der Waals surface area contributed by atoms with Crippen LogP contribution in [0.25, 0.3) is 84.7 Å². The summed E-state index contributed by atoms with van der Waals surface area (Å²) >= 11 is 0. The van der Waals surface area contributed by atoms with Crippen LogP contribution in [0.4, 0.5) is 0 Å². The molecule has 0 spiro atoms. The van der Waals surface area contributed by atoms with Crippen molar-refractivity contribution in [2.24, 2.45) is 0 Å². The fraction of sp³-hybridized carbons (Fsp3) is 0.0851. The first kappa shape index (κ1) is 31.1. The molecule has 3 nitrogen and oxygen atoms in total. The highest BCUT2D eigenvalue weighted by Crippen LogP contribution is 2.40.